The Balaban J connectivity index is 2.02. The zero-order chi connectivity index (χ0) is 17.1. The predicted octanol–water partition coefficient (Wildman–Crippen LogP) is 3.11. The molecule has 1 aromatic heterocycles. The van der Waals surface area contributed by atoms with Gasteiger partial charge < -0.3 is 14.6 Å². The second kappa shape index (κ2) is 6.58. The van der Waals surface area contributed by atoms with Crippen LogP contribution in [0.4, 0.5) is 0 Å². The largest absolute Gasteiger partial charge is 0.507 e. The van der Waals surface area contributed by atoms with Crippen molar-refractivity contribution in [2.24, 2.45) is 0 Å². The molecule has 2 N–H and O–H groups in total. The molecule has 0 atom stereocenters. The van der Waals surface area contributed by atoms with Crippen molar-refractivity contribution in [1.29, 1.82) is 0 Å². The number of para-hydroxylation sites is 1. The summed E-state index contributed by atoms with van der Waals surface area (Å²) >= 11 is 0. The summed E-state index contributed by atoms with van der Waals surface area (Å²) in [6.45, 7) is 0. The second-order valence-electron chi connectivity index (χ2n) is 5.55. The van der Waals surface area contributed by atoms with Crippen LogP contribution in [0.1, 0.15) is 23.1 Å². The Hall–Kier alpha value is -3.08. The summed E-state index contributed by atoms with van der Waals surface area (Å²) < 4.78 is 5.27. The van der Waals surface area contributed by atoms with Crippen LogP contribution in [0.15, 0.2) is 57.7 Å². The molecular formula is C19H16O5. The van der Waals surface area contributed by atoms with Crippen LogP contribution in [-0.2, 0) is 17.6 Å². The number of aliphatic carboxylic acids is 1. The molecule has 0 aliphatic rings. The van der Waals surface area contributed by atoms with Crippen LogP contribution >= 0.6 is 0 Å². The molecule has 5 nitrogen and oxygen atoms in total. The van der Waals surface area contributed by atoms with Crippen molar-refractivity contribution in [2.45, 2.75) is 19.3 Å². The number of aromatic hydroxyl groups is 1. The van der Waals surface area contributed by atoms with Crippen LogP contribution in [-0.4, -0.2) is 16.2 Å². The van der Waals surface area contributed by atoms with Gasteiger partial charge in [0.15, 0.2) is 0 Å². The van der Waals surface area contributed by atoms with Crippen LogP contribution in [0.2, 0.25) is 0 Å². The topological polar surface area (TPSA) is 87.7 Å². The normalized spacial score (nSPS) is 10.8. The number of benzene rings is 2. The van der Waals surface area contributed by atoms with E-state index in [1.807, 2.05) is 24.3 Å². The van der Waals surface area contributed by atoms with Crippen molar-refractivity contribution >= 4 is 16.9 Å². The van der Waals surface area contributed by atoms with Gasteiger partial charge in [0.2, 0.25) is 0 Å². The molecule has 1 heterocycles. The van der Waals surface area contributed by atoms with Gasteiger partial charge in [-0.3, -0.25) is 4.79 Å². The zero-order valence-corrected chi connectivity index (χ0v) is 12.9. The minimum atomic E-state index is -0.877. The number of aryl methyl sites for hydroxylation is 1. The van der Waals surface area contributed by atoms with Gasteiger partial charge >= 0.3 is 11.6 Å². The summed E-state index contributed by atoms with van der Waals surface area (Å²) in [7, 11) is 0. The maximum atomic E-state index is 12.2. The van der Waals surface area contributed by atoms with E-state index < -0.39 is 11.6 Å². The first-order chi connectivity index (χ1) is 11.6. The van der Waals surface area contributed by atoms with Crippen molar-refractivity contribution < 1.29 is 19.4 Å². The zero-order valence-electron chi connectivity index (χ0n) is 12.9. The minimum Gasteiger partial charge on any atom is -0.507 e. The van der Waals surface area contributed by atoms with E-state index in [9.17, 15) is 14.7 Å². The first kappa shape index (κ1) is 15.8. The van der Waals surface area contributed by atoms with Crippen LogP contribution in [0, 0.1) is 0 Å². The number of hydrogen-bond donors (Lipinski definition) is 2. The predicted molar refractivity (Wildman–Crippen MR) is 89.4 cm³/mol. The van der Waals surface area contributed by atoms with Crippen molar-refractivity contribution in [1.82, 2.24) is 0 Å². The first-order valence-electron chi connectivity index (χ1n) is 7.58. The van der Waals surface area contributed by atoms with Gasteiger partial charge in [-0.05, 0) is 29.7 Å². The molecule has 0 fully saturated rings. The van der Waals surface area contributed by atoms with E-state index >= 15 is 0 Å². The Bertz CT molecular complexity index is 955. The number of fused-ring (bicyclic) bond motifs is 1. The smallest absolute Gasteiger partial charge is 0.343 e. The van der Waals surface area contributed by atoms with E-state index in [0.29, 0.717) is 17.4 Å². The van der Waals surface area contributed by atoms with Gasteiger partial charge in [0, 0.05) is 12.8 Å². The lowest BCUT2D eigenvalue weighted by atomic mass is 9.96. The molecular weight excluding hydrogens is 308 g/mol. The fraction of sp³-hybridized carbons (Fsp3) is 0.158. The molecule has 3 rings (SSSR count). The third kappa shape index (κ3) is 3.15. The average Bonchev–Trinajstić information content (AvgIpc) is 2.57. The SMILES string of the molecule is O=C(O)CCc1ccccc1Cc1c(O)c2ccccc2oc1=O. The summed E-state index contributed by atoms with van der Waals surface area (Å²) in [5.74, 6) is -0.965. The molecule has 2 aromatic carbocycles. The average molecular weight is 324 g/mol. The fourth-order valence-corrected chi connectivity index (χ4v) is 2.73. The fourth-order valence-electron chi connectivity index (χ4n) is 2.73. The maximum absolute atomic E-state index is 12.2. The highest BCUT2D eigenvalue weighted by atomic mass is 16.4. The number of carboxylic acid groups (broad SMARTS) is 1. The van der Waals surface area contributed by atoms with Gasteiger partial charge in [0.05, 0.1) is 10.9 Å². The Labute approximate surface area is 137 Å². The van der Waals surface area contributed by atoms with Gasteiger partial charge in [-0.2, -0.15) is 0 Å². The molecule has 5 heteroatoms. The van der Waals surface area contributed by atoms with Crippen LogP contribution in [0.25, 0.3) is 11.0 Å². The standard InChI is InChI=1S/C19H16O5/c20-17(21)10-9-12-5-1-2-6-13(12)11-15-18(22)14-7-3-4-8-16(14)24-19(15)23/h1-8,22H,9-11H2,(H,20,21). The van der Waals surface area contributed by atoms with Crippen molar-refractivity contribution in [3.05, 3.63) is 75.6 Å². The summed E-state index contributed by atoms with van der Waals surface area (Å²) in [6, 6.07) is 14.1. The van der Waals surface area contributed by atoms with Crippen LogP contribution in [0.3, 0.4) is 0 Å². The lowest BCUT2D eigenvalue weighted by molar-refractivity contribution is -0.136. The molecule has 0 aliphatic carbocycles. The lowest BCUT2D eigenvalue weighted by Gasteiger charge is -2.10. The molecule has 0 saturated heterocycles. The van der Waals surface area contributed by atoms with E-state index in [1.165, 1.54) is 0 Å². The van der Waals surface area contributed by atoms with Crippen LogP contribution in [0.5, 0.6) is 5.75 Å². The number of hydrogen-bond acceptors (Lipinski definition) is 4. The molecule has 0 unspecified atom stereocenters. The Morgan fingerprint density at radius 3 is 2.42 bits per heavy atom. The number of carboxylic acids is 1. The van der Waals surface area contributed by atoms with Crippen molar-refractivity contribution in [3.63, 3.8) is 0 Å². The van der Waals surface area contributed by atoms with Crippen LogP contribution < -0.4 is 5.63 Å². The molecule has 0 radical (unpaired) electrons. The quantitative estimate of drug-likeness (QED) is 0.704. The van der Waals surface area contributed by atoms with Gasteiger partial charge in [-0.15, -0.1) is 0 Å². The Kier molecular flexibility index (Phi) is 4.33. The minimum absolute atomic E-state index is 0.00925. The third-order valence-corrected chi connectivity index (χ3v) is 3.97. The van der Waals surface area contributed by atoms with Crippen molar-refractivity contribution in [3.8, 4) is 5.75 Å². The molecule has 0 saturated carbocycles. The molecule has 122 valence electrons. The number of rotatable bonds is 5. The molecule has 3 aromatic rings. The highest BCUT2D eigenvalue weighted by Crippen LogP contribution is 2.28. The van der Waals surface area contributed by atoms with E-state index in [4.69, 9.17) is 9.52 Å². The molecule has 0 bridgehead atoms. The van der Waals surface area contributed by atoms with Gasteiger partial charge in [-0.1, -0.05) is 36.4 Å². The second-order valence-corrected chi connectivity index (χ2v) is 5.55. The highest BCUT2D eigenvalue weighted by Gasteiger charge is 2.15. The molecule has 0 aliphatic heterocycles. The van der Waals surface area contributed by atoms with E-state index in [-0.39, 0.29) is 24.2 Å². The summed E-state index contributed by atoms with van der Waals surface area (Å²) in [5.41, 5.74) is 1.57. The molecule has 0 spiro atoms. The van der Waals surface area contributed by atoms with Gasteiger partial charge in [-0.25, -0.2) is 4.79 Å². The molecule has 0 amide bonds. The Morgan fingerprint density at radius 2 is 1.67 bits per heavy atom. The summed E-state index contributed by atoms with van der Waals surface area (Å²) in [4.78, 5) is 23.0. The third-order valence-electron chi connectivity index (χ3n) is 3.97. The van der Waals surface area contributed by atoms with E-state index in [1.54, 1.807) is 24.3 Å². The lowest BCUT2D eigenvalue weighted by Crippen LogP contribution is -2.10. The monoisotopic (exact) mass is 324 g/mol. The Morgan fingerprint density at radius 1 is 1.00 bits per heavy atom. The molecule has 24 heavy (non-hydrogen) atoms. The number of carbonyl (C=O) groups is 1. The van der Waals surface area contributed by atoms with Gasteiger partial charge in [0.25, 0.3) is 0 Å². The maximum Gasteiger partial charge on any atom is 0.343 e. The summed E-state index contributed by atoms with van der Waals surface area (Å²) in [6.07, 6.45) is 0.565. The van der Waals surface area contributed by atoms with Crippen molar-refractivity contribution in [2.75, 3.05) is 0 Å². The first-order valence-corrected chi connectivity index (χ1v) is 7.58. The van der Waals surface area contributed by atoms with Gasteiger partial charge in [0.1, 0.15) is 11.3 Å². The highest BCUT2D eigenvalue weighted by molar-refractivity contribution is 5.84. The summed E-state index contributed by atoms with van der Waals surface area (Å²) in [5, 5.41) is 19.8. The van der Waals surface area contributed by atoms with E-state index in [2.05, 4.69) is 0 Å². The van der Waals surface area contributed by atoms with E-state index in [0.717, 1.165) is 11.1 Å².